The first-order valence-corrected chi connectivity index (χ1v) is 5.74. The highest BCUT2D eigenvalue weighted by Gasteiger charge is 2.25. The fourth-order valence-corrected chi connectivity index (χ4v) is 2.90. The lowest BCUT2D eigenvalue weighted by atomic mass is 10.5. The Bertz CT molecular complexity index is 338. The maximum absolute atomic E-state index is 10.5. The summed E-state index contributed by atoms with van der Waals surface area (Å²) in [4.78, 5) is 9.72. The Hall–Kier alpha value is -0.310. The molecule has 1 heterocycles. The van der Waals surface area contributed by atoms with Gasteiger partial charge in [0.05, 0.1) is 8.66 Å². The first kappa shape index (κ1) is 10.8. The van der Waals surface area contributed by atoms with Crippen LogP contribution < -0.4 is 0 Å². The van der Waals surface area contributed by atoms with Gasteiger partial charge in [-0.05, 0) is 28.1 Å². The molecule has 0 aliphatic carbocycles. The van der Waals surface area contributed by atoms with Crippen molar-refractivity contribution in [2.75, 3.05) is 0 Å². The van der Waals surface area contributed by atoms with Crippen LogP contribution in [0.1, 0.15) is 10.3 Å². The molecule has 0 saturated carbocycles. The zero-order valence-corrected chi connectivity index (χ0v) is 9.23. The minimum atomic E-state index is -2.73. The zero-order valence-electron chi connectivity index (χ0n) is 6.01. The van der Waals surface area contributed by atoms with Crippen LogP contribution in [0.15, 0.2) is 15.9 Å². The third kappa shape index (κ3) is 2.56. The fraction of sp³-hybridized carbons (Fsp3) is 0.200. The van der Waals surface area contributed by atoms with Crippen LogP contribution in [-0.2, 0) is 11.1 Å². The Kier molecular flexibility index (Phi) is 3.54. The van der Waals surface area contributed by atoms with Gasteiger partial charge >= 0.3 is 5.37 Å². The van der Waals surface area contributed by atoms with Crippen molar-refractivity contribution in [3.8, 4) is 0 Å². The van der Waals surface area contributed by atoms with Crippen molar-refractivity contribution in [3.05, 3.63) is 30.9 Å². The number of nitrogens with zero attached hydrogens (tertiary/aromatic N) is 1. The van der Waals surface area contributed by atoms with Crippen molar-refractivity contribution in [2.24, 2.45) is 0 Å². The maximum atomic E-state index is 10.5. The number of hydrogen-bond donors (Lipinski definition) is 0. The summed E-state index contributed by atoms with van der Waals surface area (Å²) in [6.07, 6.45) is 0. The standard InChI is InChI=1S/C5H4BrNO4S2/c6-4-2-1-3(12-4)5(7(8)9)13(10)11/h1-2,5H,(H,10,11)/p-1. The van der Waals surface area contributed by atoms with E-state index in [1.165, 1.54) is 6.07 Å². The lowest BCUT2D eigenvalue weighted by Gasteiger charge is -2.09. The van der Waals surface area contributed by atoms with E-state index in [4.69, 9.17) is 0 Å². The zero-order chi connectivity index (χ0) is 10.0. The predicted molar refractivity (Wildman–Crippen MR) is 50.7 cm³/mol. The van der Waals surface area contributed by atoms with Gasteiger partial charge in [0.2, 0.25) is 0 Å². The molecule has 72 valence electrons. The molecule has 8 heteroatoms. The predicted octanol–water partition coefficient (Wildman–Crippen LogP) is 1.67. The van der Waals surface area contributed by atoms with E-state index in [0.29, 0.717) is 3.79 Å². The molecule has 2 unspecified atom stereocenters. The van der Waals surface area contributed by atoms with E-state index in [1.54, 1.807) is 6.07 Å². The van der Waals surface area contributed by atoms with Crippen LogP contribution in [0.4, 0.5) is 0 Å². The summed E-state index contributed by atoms with van der Waals surface area (Å²) in [7, 11) is 0. The molecule has 0 amide bonds. The van der Waals surface area contributed by atoms with Crippen LogP contribution in [-0.4, -0.2) is 13.7 Å². The molecule has 5 nitrogen and oxygen atoms in total. The van der Waals surface area contributed by atoms with E-state index >= 15 is 0 Å². The van der Waals surface area contributed by atoms with Crippen molar-refractivity contribution in [1.82, 2.24) is 0 Å². The number of thiophene rings is 1. The Morgan fingerprint density at radius 3 is 2.54 bits per heavy atom. The molecule has 0 radical (unpaired) electrons. The molecule has 0 fully saturated rings. The number of rotatable bonds is 3. The fourth-order valence-electron chi connectivity index (χ4n) is 0.730. The third-order valence-corrected chi connectivity index (χ3v) is 3.83. The molecule has 0 aromatic carbocycles. The highest BCUT2D eigenvalue weighted by molar-refractivity contribution is 9.11. The molecule has 0 N–H and O–H groups in total. The lowest BCUT2D eigenvalue weighted by molar-refractivity contribution is -0.502. The van der Waals surface area contributed by atoms with Crippen molar-refractivity contribution >= 4 is 38.3 Å². The number of nitro groups is 1. The van der Waals surface area contributed by atoms with Gasteiger partial charge in [0.15, 0.2) is 0 Å². The monoisotopic (exact) mass is 284 g/mol. The molecule has 1 aromatic heterocycles. The van der Waals surface area contributed by atoms with Crippen LogP contribution in [0.5, 0.6) is 0 Å². The van der Waals surface area contributed by atoms with E-state index in [2.05, 4.69) is 15.9 Å². The van der Waals surface area contributed by atoms with Gasteiger partial charge in [0, 0.05) is 16.0 Å². The van der Waals surface area contributed by atoms with Gasteiger partial charge in [-0.15, -0.1) is 11.3 Å². The van der Waals surface area contributed by atoms with E-state index in [1.807, 2.05) is 0 Å². The summed E-state index contributed by atoms with van der Waals surface area (Å²) in [6, 6.07) is 2.99. The van der Waals surface area contributed by atoms with Crippen LogP contribution in [0.2, 0.25) is 0 Å². The minimum absolute atomic E-state index is 0.199. The topological polar surface area (TPSA) is 83.3 Å². The average Bonchev–Trinajstić information content (AvgIpc) is 2.34. The molecule has 13 heavy (non-hydrogen) atoms. The molecule has 0 aliphatic rings. The Balaban J connectivity index is 3.02. The average molecular weight is 285 g/mol. The highest BCUT2D eigenvalue weighted by atomic mass is 79.9. The SMILES string of the molecule is O=[N+]([O-])C(c1ccc(Br)s1)S(=O)[O-]. The number of hydrogen-bond acceptors (Lipinski definition) is 5. The third-order valence-electron chi connectivity index (χ3n) is 1.21. The van der Waals surface area contributed by atoms with Crippen LogP contribution in [0.25, 0.3) is 0 Å². The molecule has 0 spiro atoms. The summed E-state index contributed by atoms with van der Waals surface area (Å²) in [5.74, 6) is 0. The van der Waals surface area contributed by atoms with Gasteiger partial charge < -0.3 is 4.55 Å². The smallest absolute Gasteiger partial charge is 0.307 e. The van der Waals surface area contributed by atoms with Crippen molar-refractivity contribution < 1.29 is 13.7 Å². The summed E-state index contributed by atoms with van der Waals surface area (Å²) < 4.78 is 21.7. The van der Waals surface area contributed by atoms with Crippen LogP contribution >= 0.6 is 27.3 Å². The normalized spacial score (nSPS) is 15.2. The van der Waals surface area contributed by atoms with Crippen LogP contribution in [0, 0.1) is 10.1 Å². The maximum Gasteiger partial charge on any atom is 0.307 e. The quantitative estimate of drug-likeness (QED) is 0.480. The summed E-state index contributed by atoms with van der Waals surface area (Å²) in [5, 5.41) is 8.70. The van der Waals surface area contributed by atoms with Crippen molar-refractivity contribution in [3.63, 3.8) is 0 Å². The number of halogens is 1. The molecule has 0 aliphatic heterocycles. The second-order valence-corrected chi connectivity index (χ2v) is 5.50. The first-order chi connectivity index (χ1) is 6.02. The Morgan fingerprint density at radius 2 is 2.23 bits per heavy atom. The van der Waals surface area contributed by atoms with E-state index in [-0.39, 0.29) is 4.88 Å². The van der Waals surface area contributed by atoms with Crippen molar-refractivity contribution in [1.29, 1.82) is 0 Å². The Labute approximate surface area is 88.3 Å². The van der Waals surface area contributed by atoms with Gasteiger partial charge in [-0.3, -0.25) is 14.3 Å². The summed E-state index contributed by atoms with van der Waals surface area (Å²) in [6.45, 7) is 0. The van der Waals surface area contributed by atoms with Gasteiger partial charge in [0.25, 0.3) is 0 Å². The van der Waals surface area contributed by atoms with Crippen molar-refractivity contribution in [2.45, 2.75) is 5.37 Å². The molecule has 0 bridgehead atoms. The summed E-state index contributed by atoms with van der Waals surface area (Å²) >= 11 is 1.40. The Morgan fingerprint density at radius 1 is 1.62 bits per heavy atom. The highest BCUT2D eigenvalue weighted by Crippen LogP contribution is 2.30. The van der Waals surface area contributed by atoms with Gasteiger partial charge in [-0.1, -0.05) is 0 Å². The summed E-state index contributed by atoms with van der Waals surface area (Å²) in [5.41, 5.74) is 0. The second-order valence-electron chi connectivity index (χ2n) is 2.04. The largest absolute Gasteiger partial charge is 0.767 e. The molecule has 0 saturated heterocycles. The molecule has 1 aromatic rings. The molecular formula is C5H3BrNO4S2-. The van der Waals surface area contributed by atoms with Gasteiger partial charge in [0.1, 0.15) is 0 Å². The lowest BCUT2D eigenvalue weighted by Crippen LogP contribution is -2.14. The van der Waals surface area contributed by atoms with E-state index in [9.17, 15) is 18.9 Å². The molecular weight excluding hydrogens is 282 g/mol. The minimum Gasteiger partial charge on any atom is -0.767 e. The van der Waals surface area contributed by atoms with Gasteiger partial charge in [-0.25, -0.2) is 0 Å². The first-order valence-electron chi connectivity index (χ1n) is 2.99. The molecule has 2 atom stereocenters. The van der Waals surface area contributed by atoms with E-state index in [0.717, 1.165) is 11.3 Å². The van der Waals surface area contributed by atoms with Crippen LogP contribution in [0.3, 0.4) is 0 Å². The molecule has 1 rings (SSSR count). The van der Waals surface area contributed by atoms with E-state index < -0.39 is 21.4 Å². The van der Waals surface area contributed by atoms with Gasteiger partial charge in [-0.2, -0.15) is 0 Å². The second kappa shape index (κ2) is 4.27.